The van der Waals surface area contributed by atoms with Crippen LogP contribution in [0.4, 0.5) is 0 Å². The third-order valence-corrected chi connectivity index (χ3v) is 5.91. The number of aromatic hydroxyl groups is 1. The molecule has 1 aromatic heterocycles. The fourth-order valence-electron chi connectivity index (χ4n) is 3.29. The van der Waals surface area contributed by atoms with Gasteiger partial charge in [0, 0.05) is 11.3 Å². The number of amides is 1. The maximum atomic E-state index is 12.4. The van der Waals surface area contributed by atoms with E-state index in [1.807, 2.05) is 73.0 Å². The van der Waals surface area contributed by atoms with Crippen molar-refractivity contribution in [1.29, 1.82) is 0 Å². The molecule has 8 nitrogen and oxygen atoms in total. The molecule has 0 saturated carbocycles. The Bertz CT molecular complexity index is 1320. The number of para-hydroxylation sites is 1. The molecule has 178 valence electrons. The number of hydrazone groups is 1. The summed E-state index contributed by atoms with van der Waals surface area (Å²) in [5, 5.41) is 23.2. The van der Waals surface area contributed by atoms with Crippen LogP contribution in [-0.4, -0.2) is 44.4 Å². The van der Waals surface area contributed by atoms with Gasteiger partial charge in [0.25, 0.3) is 5.91 Å². The Balaban J connectivity index is 1.46. The van der Waals surface area contributed by atoms with E-state index in [1.54, 1.807) is 12.1 Å². The normalized spacial score (nSPS) is 11.0. The summed E-state index contributed by atoms with van der Waals surface area (Å²) < 4.78 is 7.30. The SMILES string of the molecule is CCOc1cc(/C=N\NC(=O)CSc2nnc(-c3ccc(C)cc3)n2-c2ccccc2)ccc1O. The van der Waals surface area contributed by atoms with E-state index in [0.717, 1.165) is 16.8 Å². The van der Waals surface area contributed by atoms with Crippen LogP contribution in [0.3, 0.4) is 0 Å². The molecule has 1 heterocycles. The van der Waals surface area contributed by atoms with Crippen molar-refractivity contribution in [1.82, 2.24) is 20.2 Å². The second-order valence-electron chi connectivity index (χ2n) is 7.59. The van der Waals surface area contributed by atoms with Crippen LogP contribution in [0.1, 0.15) is 18.1 Å². The molecule has 4 rings (SSSR count). The molecule has 0 saturated heterocycles. The number of aryl methyl sites for hydroxylation is 1. The van der Waals surface area contributed by atoms with Crippen molar-refractivity contribution in [3.05, 3.63) is 83.9 Å². The van der Waals surface area contributed by atoms with E-state index in [9.17, 15) is 9.90 Å². The molecule has 9 heteroatoms. The minimum absolute atomic E-state index is 0.0527. The number of aromatic nitrogens is 3. The fraction of sp³-hybridized carbons (Fsp3) is 0.154. The number of hydrogen-bond acceptors (Lipinski definition) is 7. The van der Waals surface area contributed by atoms with Crippen LogP contribution < -0.4 is 10.2 Å². The topological polar surface area (TPSA) is 102 Å². The monoisotopic (exact) mass is 487 g/mol. The van der Waals surface area contributed by atoms with Crippen LogP contribution in [0, 0.1) is 6.92 Å². The smallest absolute Gasteiger partial charge is 0.250 e. The van der Waals surface area contributed by atoms with E-state index in [4.69, 9.17) is 4.74 Å². The minimum atomic E-state index is -0.283. The summed E-state index contributed by atoms with van der Waals surface area (Å²) in [7, 11) is 0. The summed E-state index contributed by atoms with van der Waals surface area (Å²) >= 11 is 1.28. The number of benzene rings is 3. The fourth-order valence-corrected chi connectivity index (χ4v) is 4.03. The van der Waals surface area contributed by atoms with Crippen LogP contribution in [-0.2, 0) is 4.79 Å². The molecule has 3 aromatic carbocycles. The Labute approximate surface area is 207 Å². The second kappa shape index (κ2) is 11.3. The molecule has 0 aliphatic rings. The number of carbonyl (C=O) groups is 1. The van der Waals surface area contributed by atoms with Crippen molar-refractivity contribution < 1.29 is 14.6 Å². The molecule has 0 fully saturated rings. The molecule has 2 N–H and O–H groups in total. The average molecular weight is 488 g/mol. The van der Waals surface area contributed by atoms with Gasteiger partial charge < -0.3 is 9.84 Å². The van der Waals surface area contributed by atoms with Crippen molar-refractivity contribution in [2.24, 2.45) is 5.10 Å². The molecule has 1 amide bonds. The first-order chi connectivity index (χ1) is 17.0. The second-order valence-corrected chi connectivity index (χ2v) is 8.53. The Kier molecular flexibility index (Phi) is 7.79. The van der Waals surface area contributed by atoms with Crippen LogP contribution in [0.15, 0.2) is 83.1 Å². The third-order valence-electron chi connectivity index (χ3n) is 4.98. The number of nitrogens with zero attached hydrogens (tertiary/aromatic N) is 4. The molecule has 35 heavy (non-hydrogen) atoms. The lowest BCUT2D eigenvalue weighted by atomic mass is 10.1. The number of hydrogen-bond donors (Lipinski definition) is 2. The summed E-state index contributed by atoms with van der Waals surface area (Å²) in [6.45, 7) is 4.30. The third kappa shape index (κ3) is 6.07. The quantitative estimate of drug-likeness (QED) is 0.203. The van der Waals surface area contributed by atoms with Gasteiger partial charge >= 0.3 is 0 Å². The molecule has 0 bridgehead atoms. The maximum absolute atomic E-state index is 12.4. The molecular formula is C26H25N5O3S. The number of phenols is 1. The van der Waals surface area contributed by atoms with Gasteiger partial charge in [0.05, 0.1) is 18.6 Å². The number of rotatable bonds is 9. The predicted molar refractivity (Wildman–Crippen MR) is 137 cm³/mol. The zero-order valence-electron chi connectivity index (χ0n) is 19.4. The van der Waals surface area contributed by atoms with E-state index >= 15 is 0 Å². The van der Waals surface area contributed by atoms with Gasteiger partial charge in [-0.15, -0.1) is 10.2 Å². The predicted octanol–water partition coefficient (Wildman–Crippen LogP) is 4.59. The van der Waals surface area contributed by atoms with Crippen molar-refractivity contribution in [3.63, 3.8) is 0 Å². The number of phenolic OH excluding ortho intramolecular Hbond substituents is 1. The lowest BCUT2D eigenvalue weighted by Crippen LogP contribution is -2.20. The Morgan fingerprint density at radius 3 is 2.63 bits per heavy atom. The molecule has 0 aliphatic heterocycles. The standard InChI is InChI=1S/C26H25N5O3S/c1-3-34-23-15-19(11-14-22(23)32)16-27-28-24(33)17-35-26-30-29-25(20-12-9-18(2)10-13-20)31(26)21-7-5-4-6-8-21/h4-16,32H,3,17H2,1-2H3,(H,28,33)/b27-16-. The largest absolute Gasteiger partial charge is 0.504 e. The molecular weight excluding hydrogens is 462 g/mol. The zero-order chi connectivity index (χ0) is 24.6. The highest BCUT2D eigenvalue weighted by Gasteiger charge is 2.17. The van der Waals surface area contributed by atoms with Gasteiger partial charge in [-0.25, -0.2) is 5.43 Å². The lowest BCUT2D eigenvalue weighted by Gasteiger charge is -2.10. The lowest BCUT2D eigenvalue weighted by molar-refractivity contribution is -0.118. The first kappa shape index (κ1) is 24.0. The maximum Gasteiger partial charge on any atom is 0.250 e. The van der Waals surface area contributed by atoms with Gasteiger partial charge in [0.2, 0.25) is 0 Å². The summed E-state index contributed by atoms with van der Waals surface area (Å²) in [5.74, 6) is 0.944. The molecule has 0 spiro atoms. The average Bonchev–Trinajstić information content (AvgIpc) is 3.30. The van der Waals surface area contributed by atoms with E-state index in [2.05, 4.69) is 20.7 Å². The Hall–Kier alpha value is -4.11. The van der Waals surface area contributed by atoms with Crippen molar-refractivity contribution in [2.45, 2.75) is 19.0 Å². The van der Waals surface area contributed by atoms with Crippen LogP contribution in [0.5, 0.6) is 11.5 Å². The van der Waals surface area contributed by atoms with E-state index in [1.165, 1.54) is 24.0 Å². The van der Waals surface area contributed by atoms with Gasteiger partial charge in [-0.1, -0.05) is 59.8 Å². The summed E-state index contributed by atoms with van der Waals surface area (Å²) in [6, 6.07) is 22.7. The molecule has 0 atom stereocenters. The summed E-state index contributed by atoms with van der Waals surface area (Å²) in [5.41, 5.74) is 6.21. The van der Waals surface area contributed by atoms with Crippen molar-refractivity contribution in [2.75, 3.05) is 12.4 Å². The van der Waals surface area contributed by atoms with E-state index in [-0.39, 0.29) is 17.4 Å². The van der Waals surface area contributed by atoms with E-state index in [0.29, 0.717) is 28.9 Å². The number of nitrogens with one attached hydrogen (secondary N) is 1. The highest BCUT2D eigenvalue weighted by Crippen LogP contribution is 2.28. The van der Waals surface area contributed by atoms with Crippen LogP contribution in [0.2, 0.25) is 0 Å². The van der Waals surface area contributed by atoms with E-state index < -0.39 is 0 Å². The molecule has 4 aromatic rings. The van der Waals surface area contributed by atoms with Gasteiger partial charge in [-0.3, -0.25) is 9.36 Å². The molecule has 0 aliphatic carbocycles. The highest BCUT2D eigenvalue weighted by atomic mass is 32.2. The molecule has 0 radical (unpaired) electrons. The number of ether oxygens (including phenoxy) is 1. The van der Waals surface area contributed by atoms with Crippen molar-refractivity contribution >= 4 is 23.9 Å². The Morgan fingerprint density at radius 2 is 1.89 bits per heavy atom. The number of carbonyl (C=O) groups excluding carboxylic acids is 1. The Morgan fingerprint density at radius 1 is 1.11 bits per heavy atom. The first-order valence-electron chi connectivity index (χ1n) is 11.0. The first-order valence-corrected chi connectivity index (χ1v) is 12.0. The molecule has 0 unspecified atom stereocenters. The summed E-state index contributed by atoms with van der Waals surface area (Å²) in [6.07, 6.45) is 1.49. The van der Waals surface area contributed by atoms with Gasteiger partial charge in [-0.2, -0.15) is 5.10 Å². The zero-order valence-corrected chi connectivity index (χ0v) is 20.2. The van der Waals surface area contributed by atoms with Gasteiger partial charge in [0.15, 0.2) is 22.5 Å². The number of thioether (sulfide) groups is 1. The van der Waals surface area contributed by atoms with Crippen molar-refractivity contribution in [3.8, 4) is 28.6 Å². The summed E-state index contributed by atoms with van der Waals surface area (Å²) in [4.78, 5) is 12.4. The van der Waals surface area contributed by atoms with Gasteiger partial charge in [0.1, 0.15) is 0 Å². The van der Waals surface area contributed by atoms with Gasteiger partial charge in [-0.05, 0) is 49.7 Å². The minimum Gasteiger partial charge on any atom is -0.504 e. The van der Waals surface area contributed by atoms with Crippen LogP contribution >= 0.6 is 11.8 Å². The van der Waals surface area contributed by atoms with Crippen LogP contribution in [0.25, 0.3) is 17.1 Å². The highest BCUT2D eigenvalue weighted by molar-refractivity contribution is 7.99.